The van der Waals surface area contributed by atoms with Crippen molar-refractivity contribution in [2.45, 2.75) is 6.61 Å². The number of carbonyl (C=O) groups excluding carboxylic acids is 1. The fourth-order valence-corrected chi connectivity index (χ4v) is 1.93. The van der Waals surface area contributed by atoms with E-state index in [2.05, 4.69) is 0 Å². The average molecular weight is 244 g/mol. The number of hydrogen-bond donors (Lipinski definition) is 0. The number of esters is 1. The Morgan fingerprint density at radius 3 is 2.71 bits per heavy atom. The summed E-state index contributed by atoms with van der Waals surface area (Å²) in [5.74, 6) is -0.317. The molecule has 0 saturated heterocycles. The standard InChI is InChI=1S/C14H12O2S/c15-14(16-11-13-7-4-10-17-13)9-8-12-5-2-1-3-6-12/h1-10H,11H2. The van der Waals surface area contributed by atoms with Gasteiger partial charge in [0.15, 0.2) is 0 Å². The molecule has 1 heterocycles. The Morgan fingerprint density at radius 1 is 1.18 bits per heavy atom. The van der Waals surface area contributed by atoms with Crippen LogP contribution in [0.15, 0.2) is 53.9 Å². The Morgan fingerprint density at radius 2 is 2.00 bits per heavy atom. The van der Waals surface area contributed by atoms with E-state index in [0.717, 1.165) is 10.4 Å². The first-order valence-electron chi connectivity index (χ1n) is 5.27. The van der Waals surface area contributed by atoms with Crippen LogP contribution in [0.4, 0.5) is 0 Å². The van der Waals surface area contributed by atoms with Crippen molar-refractivity contribution in [3.05, 3.63) is 64.4 Å². The fraction of sp³-hybridized carbons (Fsp3) is 0.0714. The summed E-state index contributed by atoms with van der Waals surface area (Å²) in [4.78, 5) is 12.5. The van der Waals surface area contributed by atoms with Crippen molar-refractivity contribution in [2.75, 3.05) is 0 Å². The van der Waals surface area contributed by atoms with E-state index in [1.54, 1.807) is 17.4 Å². The molecule has 0 aliphatic heterocycles. The molecule has 0 aliphatic carbocycles. The van der Waals surface area contributed by atoms with Crippen molar-refractivity contribution in [1.29, 1.82) is 0 Å². The lowest BCUT2D eigenvalue weighted by molar-refractivity contribution is -0.138. The van der Waals surface area contributed by atoms with E-state index in [1.807, 2.05) is 47.8 Å². The molecule has 0 radical (unpaired) electrons. The molecule has 0 saturated carbocycles. The van der Waals surface area contributed by atoms with Crippen molar-refractivity contribution in [1.82, 2.24) is 0 Å². The molecular formula is C14H12O2S. The molecule has 17 heavy (non-hydrogen) atoms. The summed E-state index contributed by atoms with van der Waals surface area (Å²) < 4.78 is 5.09. The molecule has 3 heteroatoms. The van der Waals surface area contributed by atoms with E-state index in [0.29, 0.717) is 6.61 Å². The van der Waals surface area contributed by atoms with Crippen molar-refractivity contribution >= 4 is 23.4 Å². The van der Waals surface area contributed by atoms with Gasteiger partial charge >= 0.3 is 5.97 Å². The van der Waals surface area contributed by atoms with Gasteiger partial charge in [0.25, 0.3) is 0 Å². The normalized spacial score (nSPS) is 10.6. The summed E-state index contributed by atoms with van der Waals surface area (Å²) in [5, 5.41) is 1.96. The third-order valence-corrected chi connectivity index (χ3v) is 3.00. The highest BCUT2D eigenvalue weighted by Gasteiger charge is 1.98. The van der Waals surface area contributed by atoms with Crippen molar-refractivity contribution in [2.24, 2.45) is 0 Å². The highest BCUT2D eigenvalue weighted by atomic mass is 32.1. The van der Waals surface area contributed by atoms with E-state index < -0.39 is 0 Å². The minimum Gasteiger partial charge on any atom is -0.457 e. The van der Waals surface area contributed by atoms with Crippen LogP contribution in [0.1, 0.15) is 10.4 Å². The molecule has 2 rings (SSSR count). The van der Waals surface area contributed by atoms with Crippen LogP contribution < -0.4 is 0 Å². The van der Waals surface area contributed by atoms with Crippen LogP contribution in [-0.4, -0.2) is 5.97 Å². The largest absolute Gasteiger partial charge is 0.457 e. The minimum absolute atomic E-state index is 0.317. The SMILES string of the molecule is O=C(C=Cc1ccccc1)OCc1cccs1. The quantitative estimate of drug-likeness (QED) is 0.607. The van der Waals surface area contributed by atoms with Crippen LogP contribution in [0.5, 0.6) is 0 Å². The molecule has 0 atom stereocenters. The second-order valence-corrected chi connectivity index (χ2v) is 4.46. The van der Waals surface area contributed by atoms with E-state index in [4.69, 9.17) is 4.74 Å². The van der Waals surface area contributed by atoms with Gasteiger partial charge in [0.05, 0.1) is 0 Å². The summed E-state index contributed by atoms with van der Waals surface area (Å²) >= 11 is 1.58. The number of ether oxygens (including phenoxy) is 1. The van der Waals surface area contributed by atoms with E-state index in [1.165, 1.54) is 6.08 Å². The first kappa shape index (κ1) is 11.6. The predicted molar refractivity (Wildman–Crippen MR) is 69.6 cm³/mol. The van der Waals surface area contributed by atoms with Crippen molar-refractivity contribution in [3.63, 3.8) is 0 Å². The van der Waals surface area contributed by atoms with Gasteiger partial charge in [-0.15, -0.1) is 11.3 Å². The summed E-state index contributed by atoms with van der Waals surface area (Å²) in [6, 6.07) is 13.5. The third-order valence-electron chi connectivity index (χ3n) is 2.15. The van der Waals surface area contributed by atoms with E-state index in [-0.39, 0.29) is 5.97 Å². The lowest BCUT2D eigenvalue weighted by Gasteiger charge is -1.98. The number of hydrogen-bond acceptors (Lipinski definition) is 3. The maximum atomic E-state index is 11.4. The van der Waals surface area contributed by atoms with Gasteiger partial charge in [0.2, 0.25) is 0 Å². The van der Waals surface area contributed by atoms with Crippen molar-refractivity contribution in [3.8, 4) is 0 Å². The molecule has 1 aromatic carbocycles. The molecule has 0 unspecified atom stereocenters. The summed E-state index contributed by atoms with van der Waals surface area (Å²) in [5.41, 5.74) is 0.987. The van der Waals surface area contributed by atoms with Gasteiger partial charge in [-0.05, 0) is 23.1 Å². The molecular weight excluding hydrogens is 232 g/mol. The lowest BCUT2D eigenvalue weighted by Crippen LogP contribution is -1.99. The first-order valence-corrected chi connectivity index (χ1v) is 6.15. The Balaban J connectivity index is 1.83. The molecule has 0 spiro atoms. The topological polar surface area (TPSA) is 26.3 Å². The Labute approximate surface area is 104 Å². The predicted octanol–water partition coefficient (Wildman–Crippen LogP) is 3.50. The van der Waals surface area contributed by atoms with E-state index >= 15 is 0 Å². The maximum Gasteiger partial charge on any atom is 0.331 e. The minimum atomic E-state index is -0.317. The second-order valence-electron chi connectivity index (χ2n) is 3.43. The van der Waals surface area contributed by atoms with Crippen LogP contribution in [0, 0.1) is 0 Å². The molecule has 2 nitrogen and oxygen atoms in total. The van der Waals surface area contributed by atoms with Gasteiger partial charge in [-0.2, -0.15) is 0 Å². The first-order chi connectivity index (χ1) is 8.34. The fourth-order valence-electron chi connectivity index (χ4n) is 1.31. The number of carbonyl (C=O) groups is 1. The van der Waals surface area contributed by atoms with Crippen LogP contribution in [0.2, 0.25) is 0 Å². The Kier molecular flexibility index (Phi) is 4.11. The number of thiophene rings is 1. The highest BCUT2D eigenvalue weighted by molar-refractivity contribution is 7.09. The van der Waals surface area contributed by atoms with Crippen LogP contribution in [0.3, 0.4) is 0 Å². The second kappa shape index (κ2) is 6.01. The highest BCUT2D eigenvalue weighted by Crippen LogP contribution is 2.10. The maximum absolute atomic E-state index is 11.4. The monoisotopic (exact) mass is 244 g/mol. The summed E-state index contributed by atoms with van der Waals surface area (Å²) in [6.07, 6.45) is 3.19. The van der Waals surface area contributed by atoms with Gasteiger partial charge in [-0.25, -0.2) is 4.79 Å². The lowest BCUT2D eigenvalue weighted by atomic mass is 10.2. The number of rotatable bonds is 4. The average Bonchev–Trinajstić information content (AvgIpc) is 2.88. The van der Waals surface area contributed by atoms with E-state index in [9.17, 15) is 4.79 Å². The van der Waals surface area contributed by atoms with Gasteiger partial charge < -0.3 is 4.74 Å². The van der Waals surface area contributed by atoms with Crippen LogP contribution in [0.25, 0.3) is 6.08 Å². The molecule has 0 aliphatic rings. The molecule has 0 fully saturated rings. The molecule has 2 aromatic rings. The zero-order valence-corrected chi connectivity index (χ0v) is 10.0. The molecule has 0 bridgehead atoms. The zero-order chi connectivity index (χ0) is 11.9. The summed E-state index contributed by atoms with van der Waals surface area (Å²) in [6.45, 7) is 0.343. The Bertz CT molecular complexity index is 486. The number of benzene rings is 1. The molecule has 1 aromatic heterocycles. The van der Waals surface area contributed by atoms with Gasteiger partial charge in [-0.3, -0.25) is 0 Å². The smallest absolute Gasteiger partial charge is 0.331 e. The Hall–Kier alpha value is -1.87. The van der Waals surface area contributed by atoms with Gasteiger partial charge in [-0.1, -0.05) is 36.4 Å². The van der Waals surface area contributed by atoms with Crippen LogP contribution >= 0.6 is 11.3 Å². The van der Waals surface area contributed by atoms with Crippen LogP contribution in [-0.2, 0) is 16.1 Å². The summed E-state index contributed by atoms with van der Waals surface area (Å²) in [7, 11) is 0. The molecule has 86 valence electrons. The molecule has 0 N–H and O–H groups in total. The zero-order valence-electron chi connectivity index (χ0n) is 9.21. The third kappa shape index (κ3) is 3.89. The molecule has 0 amide bonds. The van der Waals surface area contributed by atoms with Crippen molar-refractivity contribution < 1.29 is 9.53 Å². The van der Waals surface area contributed by atoms with Gasteiger partial charge in [0, 0.05) is 11.0 Å². The van der Waals surface area contributed by atoms with Gasteiger partial charge in [0.1, 0.15) is 6.61 Å².